The maximum atomic E-state index is 5.39. The van der Waals surface area contributed by atoms with Crippen LogP contribution in [0.2, 0.25) is 0 Å². The Bertz CT molecular complexity index is 950. The average molecular weight is 331 g/mol. The highest BCUT2D eigenvalue weighted by Gasteiger charge is 2.21. The third kappa shape index (κ3) is 2.88. The summed E-state index contributed by atoms with van der Waals surface area (Å²) in [6.07, 6.45) is 3.19. The number of hydrogen-bond acceptors (Lipinski definition) is 4. The molecule has 0 spiro atoms. The molecule has 0 bridgehead atoms. The van der Waals surface area contributed by atoms with Crippen molar-refractivity contribution in [2.75, 3.05) is 7.11 Å². The summed E-state index contributed by atoms with van der Waals surface area (Å²) in [6.45, 7) is 4.05. The van der Waals surface area contributed by atoms with Crippen LogP contribution in [-0.2, 0) is 12.8 Å². The molecule has 0 saturated carbocycles. The van der Waals surface area contributed by atoms with E-state index in [1.54, 1.807) is 7.11 Å². The first-order valence-corrected chi connectivity index (χ1v) is 8.64. The number of hydrogen-bond donors (Lipinski definition) is 0. The smallest absolute Gasteiger partial charge is 0.178 e. The molecule has 0 amide bonds. The Balaban J connectivity index is 1.89. The zero-order chi connectivity index (χ0) is 17.4. The zero-order valence-electron chi connectivity index (χ0n) is 14.8. The van der Waals surface area contributed by atoms with Gasteiger partial charge in [0.1, 0.15) is 11.4 Å². The first-order chi connectivity index (χ1) is 12.2. The van der Waals surface area contributed by atoms with E-state index < -0.39 is 0 Å². The summed E-state index contributed by atoms with van der Waals surface area (Å²) in [5, 5.41) is 0. The van der Waals surface area contributed by atoms with Gasteiger partial charge in [-0.05, 0) is 69.0 Å². The van der Waals surface area contributed by atoms with Crippen LogP contribution >= 0.6 is 0 Å². The maximum Gasteiger partial charge on any atom is 0.178 e. The standard InChI is InChI=1S/C21H21N3O/c1-13-12-15(10-11-19(13)25-3)20-16-7-5-8-17(16)23-21(24-20)18-9-4-6-14(2)22-18/h4,6,9-12H,5,7-8H2,1-3H3. The van der Waals surface area contributed by atoms with E-state index in [0.29, 0.717) is 5.82 Å². The molecule has 0 unspecified atom stereocenters. The quantitative estimate of drug-likeness (QED) is 0.717. The second-order valence-corrected chi connectivity index (χ2v) is 6.52. The molecule has 4 rings (SSSR count). The average Bonchev–Trinajstić information content (AvgIpc) is 3.09. The highest BCUT2D eigenvalue weighted by atomic mass is 16.5. The topological polar surface area (TPSA) is 47.9 Å². The van der Waals surface area contributed by atoms with Crippen molar-refractivity contribution in [1.29, 1.82) is 0 Å². The fraction of sp³-hybridized carbons (Fsp3) is 0.286. The highest BCUT2D eigenvalue weighted by molar-refractivity contribution is 5.69. The molecule has 4 nitrogen and oxygen atoms in total. The minimum absolute atomic E-state index is 0.716. The minimum Gasteiger partial charge on any atom is -0.496 e. The van der Waals surface area contributed by atoms with Crippen LogP contribution in [-0.4, -0.2) is 22.1 Å². The van der Waals surface area contributed by atoms with E-state index in [1.807, 2.05) is 31.2 Å². The lowest BCUT2D eigenvalue weighted by Crippen LogP contribution is -2.02. The van der Waals surface area contributed by atoms with Gasteiger partial charge in [-0.3, -0.25) is 0 Å². The molecule has 1 aliphatic rings. The third-order valence-electron chi connectivity index (χ3n) is 4.72. The Morgan fingerprint density at radius 2 is 1.84 bits per heavy atom. The van der Waals surface area contributed by atoms with Crippen molar-refractivity contribution in [3.05, 3.63) is 58.9 Å². The van der Waals surface area contributed by atoms with Gasteiger partial charge >= 0.3 is 0 Å². The number of ether oxygens (including phenoxy) is 1. The number of aryl methyl sites for hydroxylation is 3. The van der Waals surface area contributed by atoms with Crippen molar-refractivity contribution in [2.45, 2.75) is 33.1 Å². The van der Waals surface area contributed by atoms with Gasteiger partial charge in [0.05, 0.1) is 12.8 Å². The van der Waals surface area contributed by atoms with E-state index in [9.17, 15) is 0 Å². The van der Waals surface area contributed by atoms with Gasteiger partial charge in [0.25, 0.3) is 0 Å². The van der Waals surface area contributed by atoms with Crippen LogP contribution in [0.3, 0.4) is 0 Å². The second kappa shape index (κ2) is 6.28. The van der Waals surface area contributed by atoms with Gasteiger partial charge in [0, 0.05) is 22.5 Å². The molecule has 4 heteroatoms. The molecule has 1 aliphatic carbocycles. The Morgan fingerprint density at radius 1 is 0.960 bits per heavy atom. The van der Waals surface area contributed by atoms with Crippen LogP contribution in [0.25, 0.3) is 22.8 Å². The Morgan fingerprint density at radius 3 is 2.60 bits per heavy atom. The zero-order valence-corrected chi connectivity index (χ0v) is 14.8. The Kier molecular flexibility index (Phi) is 3.96. The van der Waals surface area contributed by atoms with Gasteiger partial charge in [-0.1, -0.05) is 6.07 Å². The molecule has 0 saturated heterocycles. The molecular weight excluding hydrogens is 310 g/mol. The number of rotatable bonds is 3. The normalized spacial score (nSPS) is 12.9. The van der Waals surface area contributed by atoms with Crippen molar-refractivity contribution < 1.29 is 4.74 Å². The van der Waals surface area contributed by atoms with Crippen LogP contribution in [0.15, 0.2) is 36.4 Å². The van der Waals surface area contributed by atoms with Crippen LogP contribution in [0.1, 0.15) is 28.9 Å². The van der Waals surface area contributed by atoms with Crippen LogP contribution in [0.5, 0.6) is 5.75 Å². The molecule has 0 atom stereocenters. The van der Waals surface area contributed by atoms with Crippen LogP contribution in [0, 0.1) is 13.8 Å². The largest absolute Gasteiger partial charge is 0.496 e. The summed E-state index contributed by atoms with van der Waals surface area (Å²) in [7, 11) is 1.70. The summed E-state index contributed by atoms with van der Waals surface area (Å²) < 4.78 is 5.39. The van der Waals surface area contributed by atoms with Crippen molar-refractivity contribution in [3.8, 4) is 28.5 Å². The molecule has 2 heterocycles. The Hall–Kier alpha value is -2.75. The molecular formula is C21H21N3O. The molecule has 0 N–H and O–H groups in total. The molecule has 1 aromatic carbocycles. The first-order valence-electron chi connectivity index (χ1n) is 8.64. The summed E-state index contributed by atoms with van der Waals surface area (Å²) in [6, 6.07) is 12.2. The number of methoxy groups -OCH3 is 1. The van der Waals surface area contributed by atoms with Gasteiger partial charge in [0.2, 0.25) is 0 Å². The van der Waals surface area contributed by atoms with Crippen molar-refractivity contribution >= 4 is 0 Å². The van der Waals surface area contributed by atoms with E-state index in [-0.39, 0.29) is 0 Å². The number of fused-ring (bicyclic) bond motifs is 1. The van der Waals surface area contributed by atoms with E-state index in [4.69, 9.17) is 14.7 Å². The van der Waals surface area contributed by atoms with Gasteiger partial charge in [-0.25, -0.2) is 15.0 Å². The second-order valence-electron chi connectivity index (χ2n) is 6.52. The number of aromatic nitrogens is 3. The molecule has 126 valence electrons. The number of nitrogens with zero attached hydrogens (tertiary/aromatic N) is 3. The van der Waals surface area contributed by atoms with Crippen LogP contribution in [0.4, 0.5) is 0 Å². The fourth-order valence-electron chi connectivity index (χ4n) is 3.48. The highest BCUT2D eigenvalue weighted by Crippen LogP contribution is 2.33. The molecule has 0 radical (unpaired) electrons. The monoisotopic (exact) mass is 331 g/mol. The summed E-state index contributed by atoms with van der Waals surface area (Å²) >= 11 is 0. The van der Waals surface area contributed by atoms with E-state index in [2.05, 4.69) is 24.0 Å². The van der Waals surface area contributed by atoms with E-state index in [1.165, 1.54) is 5.56 Å². The summed E-state index contributed by atoms with van der Waals surface area (Å²) in [5.41, 5.74) is 7.52. The number of benzene rings is 1. The van der Waals surface area contributed by atoms with Crippen LogP contribution < -0.4 is 4.74 Å². The van der Waals surface area contributed by atoms with Crippen molar-refractivity contribution in [2.24, 2.45) is 0 Å². The molecule has 0 fully saturated rings. The van der Waals surface area contributed by atoms with Gasteiger partial charge in [-0.15, -0.1) is 0 Å². The van der Waals surface area contributed by atoms with E-state index >= 15 is 0 Å². The lowest BCUT2D eigenvalue weighted by Gasteiger charge is -2.12. The van der Waals surface area contributed by atoms with Crippen molar-refractivity contribution in [3.63, 3.8) is 0 Å². The molecule has 25 heavy (non-hydrogen) atoms. The maximum absolute atomic E-state index is 5.39. The first kappa shape index (κ1) is 15.8. The summed E-state index contributed by atoms with van der Waals surface area (Å²) in [4.78, 5) is 14.3. The number of pyridine rings is 1. The molecule has 0 aliphatic heterocycles. The predicted octanol–water partition coefficient (Wildman–Crippen LogP) is 4.32. The van der Waals surface area contributed by atoms with Gasteiger partial charge in [0.15, 0.2) is 5.82 Å². The molecule has 3 aromatic rings. The summed E-state index contributed by atoms with van der Waals surface area (Å²) in [5.74, 6) is 1.61. The van der Waals surface area contributed by atoms with Gasteiger partial charge in [-0.2, -0.15) is 0 Å². The molecule has 2 aromatic heterocycles. The fourth-order valence-corrected chi connectivity index (χ4v) is 3.48. The van der Waals surface area contributed by atoms with E-state index in [0.717, 1.165) is 58.9 Å². The predicted molar refractivity (Wildman–Crippen MR) is 98.8 cm³/mol. The van der Waals surface area contributed by atoms with Crippen molar-refractivity contribution in [1.82, 2.24) is 15.0 Å². The lowest BCUT2D eigenvalue weighted by atomic mass is 10.0. The SMILES string of the molecule is COc1ccc(-c2nc(-c3cccc(C)n3)nc3c2CCC3)cc1C. The minimum atomic E-state index is 0.716. The van der Waals surface area contributed by atoms with Gasteiger partial charge < -0.3 is 4.74 Å². The lowest BCUT2D eigenvalue weighted by molar-refractivity contribution is 0.412. The Labute approximate surface area is 148 Å². The third-order valence-corrected chi connectivity index (χ3v) is 4.72.